The standard InChI is InChI=1S/C15H16N2O/c1-11-14(10-18)17(16-15(11)13-7-8-13)9-12-5-3-2-4-6-12/h2-6,10,13H,7-9H2,1H3. The average Bonchev–Trinajstić information content (AvgIpc) is 3.17. The number of hydrogen-bond donors (Lipinski definition) is 0. The first kappa shape index (κ1) is 11.2. The van der Waals surface area contributed by atoms with Crippen molar-refractivity contribution in [2.45, 2.75) is 32.2 Å². The molecule has 3 rings (SSSR count). The first-order chi connectivity index (χ1) is 8.79. The predicted molar refractivity (Wildman–Crippen MR) is 69.9 cm³/mol. The van der Waals surface area contributed by atoms with Crippen LogP contribution in [0.1, 0.15) is 46.1 Å². The van der Waals surface area contributed by atoms with E-state index in [0.717, 1.165) is 23.2 Å². The number of hydrogen-bond acceptors (Lipinski definition) is 2. The van der Waals surface area contributed by atoms with Crippen LogP contribution in [-0.2, 0) is 6.54 Å². The maximum Gasteiger partial charge on any atom is 0.168 e. The highest BCUT2D eigenvalue weighted by molar-refractivity contribution is 5.75. The van der Waals surface area contributed by atoms with Gasteiger partial charge < -0.3 is 0 Å². The summed E-state index contributed by atoms with van der Waals surface area (Å²) >= 11 is 0. The van der Waals surface area contributed by atoms with Crippen LogP contribution in [0, 0.1) is 6.92 Å². The minimum atomic E-state index is 0.584. The van der Waals surface area contributed by atoms with Gasteiger partial charge >= 0.3 is 0 Å². The molecular formula is C15H16N2O. The molecule has 0 saturated heterocycles. The van der Waals surface area contributed by atoms with Crippen LogP contribution in [0.3, 0.4) is 0 Å². The summed E-state index contributed by atoms with van der Waals surface area (Å²) in [5, 5.41) is 4.62. The molecule has 0 N–H and O–H groups in total. The lowest BCUT2D eigenvalue weighted by Gasteiger charge is -2.03. The topological polar surface area (TPSA) is 34.9 Å². The fraction of sp³-hybridized carbons (Fsp3) is 0.333. The van der Waals surface area contributed by atoms with Crippen LogP contribution in [0.5, 0.6) is 0 Å². The number of aldehydes is 1. The molecule has 1 aromatic carbocycles. The number of benzene rings is 1. The lowest BCUT2D eigenvalue weighted by atomic mass is 10.1. The SMILES string of the molecule is Cc1c(C2CC2)nn(Cc2ccccc2)c1C=O. The Morgan fingerprint density at radius 1 is 1.33 bits per heavy atom. The Balaban J connectivity index is 1.96. The van der Waals surface area contributed by atoms with Gasteiger partial charge in [-0.3, -0.25) is 9.48 Å². The Morgan fingerprint density at radius 3 is 2.67 bits per heavy atom. The smallest absolute Gasteiger partial charge is 0.168 e. The molecule has 0 amide bonds. The van der Waals surface area contributed by atoms with Crippen molar-refractivity contribution >= 4 is 6.29 Å². The van der Waals surface area contributed by atoms with E-state index in [1.807, 2.05) is 29.8 Å². The van der Waals surface area contributed by atoms with E-state index in [2.05, 4.69) is 17.2 Å². The molecule has 3 heteroatoms. The average molecular weight is 240 g/mol. The van der Waals surface area contributed by atoms with Crippen molar-refractivity contribution in [1.29, 1.82) is 0 Å². The van der Waals surface area contributed by atoms with Crippen molar-refractivity contribution in [2.24, 2.45) is 0 Å². The number of nitrogens with zero attached hydrogens (tertiary/aromatic N) is 2. The number of carbonyl (C=O) groups excluding carboxylic acids is 1. The minimum Gasteiger partial charge on any atom is -0.296 e. The zero-order valence-electron chi connectivity index (χ0n) is 10.5. The van der Waals surface area contributed by atoms with Crippen molar-refractivity contribution in [1.82, 2.24) is 9.78 Å². The minimum absolute atomic E-state index is 0.584. The molecule has 0 aliphatic heterocycles. The van der Waals surface area contributed by atoms with E-state index in [0.29, 0.717) is 12.5 Å². The van der Waals surface area contributed by atoms with Crippen LogP contribution in [-0.4, -0.2) is 16.1 Å². The summed E-state index contributed by atoms with van der Waals surface area (Å²) in [6.45, 7) is 2.67. The van der Waals surface area contributed by atoms with E-state index in [-0.39, 0.29) is 0 Å². The Labute approximate surface area is 106 Å². The first-order valence-electron chi connectivity index (χ1n) is 6.36. The van der Waals surface area contributed by atoms with Gasteiger partial charge in [-0.15, -0.1) is 0 Å². The number of aromatic nitrogens is 2. The van der Waals surface area contributed by atoms with Crippen molar-refractivity contribution in [3.05, 3.63) is 52.8 Å². The molecule has 1 aromatic heterocycles. The summed E-state index contributed by atoms with van der Waals surface area (Å²) in [6, 6.07) is 10.1. The largest absolute Gasteiger partial charge is 0.296 e. The summed E-state index contributed by atoms with van der Waals surface area (Å²) in [4.78, 5) is 11.2. The molecule has 0 radical (unpaired) electrons. The predicted octanol–water partition coefficient (Wildman–Crippen LogP) is 2.93. The molecule has 92 valence electrons. The Kier molecular flexibility index (Phi) is 2.74. The third-order valence-electron chi connectivity index (χ3n) is 3.53. The molecule has 0 bridgehead atoms. The highest BCUT2D eigenvalue weighted by Crippen LogP contribution is 2.41. The van der Waals surface area contributed by atoms with E-state index >= 15 is 0 Å². The zero-order valence-corrected chi connectivity index (χ0v) is 10.5. The number of carbonyl (C=O) groups is 1. The first-order valence-corrected chi connectivity index (χ1v) is 6.36. The molecule has 1 aliphatic carbocycles. The van der Waals surface area contributed by atoms with E-state index in [9.17, 15) is 4.79 Å². The molecule has 0 atom stereocenters. The van der Waals surface area contributed by atoms with Crippen LogP contribution in [0.2, 0.25) is 0 Å². The molecule has 1 saturated carbocycles. The van der Waals surface area contributed by atoms with E-state index < -0.39 is 0 Å². The summed E-state index contributed by atoms with van der Waals surface area (Å²) in [5.41, 5.74) is 4.07. The quantitative estimate of drug-likeness (QED) is 0.770. The zero-order chi connectivity index (χ0) is 12.5. The maximum absolute atomic E-state index is 11.2. The van der Waals surface area contributed by atoms with Gasteiger partial charge in [0.05, 0.1) is 12.2 Å². The van der Waals surface area contributed by atoms with Crippen LogP contribution < -0.4 is 0 Å². The Hall–Kier alpha value is -1.90. The number of rotatable bonds is 4. The molecule has 1 fully saturated rings. The Morgan fingerprint density at radius 2 is 2.06 bits per heavy atom. The van der Waals surface area contributed by atoms with Gasteiger partial charge in [0.2, 0.25) is 0 Å². The van der Waals surface area contributed by atoms with Crippen molar-refractivity contribution in [3.63, 3.8) is 0 Å². The van der Waals surface area contributed by atoms with E-state index in [1.54, 1.807) is 0 Å². The fourth-order valence-corrected chi connectivity index (χ4v) is 2.35. The molecular weight excluding hydrogens is 224 g/mol. The molecule has 1 heterocycles. The second-order valence-electron chi connectivity index (χ2n) is 4.93. The third-order valence-corrected chi connectivity index (χ3v) is 3.53. The van der Waals surface area contributed by atoms with Crippen molar-refractivity contribution in [3.8, 4) is 0 Å². The van der Waals surface area contributed by atoms with Crippen LogP contribution in [0.4, 0.5) is 0 Å². The molecule has 0 spiro atoms. The van der Waals surface area contributed by atoms with Crippen LogP contribution >= 0.6 is 0 Å². The van der Waals surface area contributed by atoms with Gasteiger partial charge in [-0.2, -0.15) is 5.10 Å². The van der Waals surface area contributed by atoms with E-state index in [4.69, 9.17) is 0 Å². The van der Waals surface area contributed by atoms with Gasteiger partial charge in [0.15, 0.2) is 6.29 Å². The normalized spacial score (nSPS) is 14.7. The second-order valence-corrected chi connectivity index (χ2v) is 4.93. The van der Waals surface area contributed by atoms with Crippen LogP contribution in [0.15, 0.2) is 30.3 Å². The summed E-state index contributed by atoms with van der Waals surface area (Å²) in [6.07, 6.45) is 3.35. The van der Waals surface area contributed by atoms with Crippen molar-refractivity contribution in [2.75, 3.05) is 0 Å². The maximum atomic E-state index is 11.2. The fourth-order valence-electron chi connectivity index (χ4n) is 2.35. The second kappa shape index (κ2) is 4.41. The highest BCUT2D eigenvalue weighted by atomic mass is 16.1. The lowest BCUT2D eigenvalue weighted by molar-refractivity contribution is 0.111. The molecule has 0 unspecified atom stereocenters. The van der Waals surface area contributed by atoms with E-state index in [1.165, 1.54) is 18.4 Å². The molecule has 18 heavy (non-hydrogen) atoms. The Bertz CT molecular complexity index is 568. The van der Waals surface area contributed by atoms with Gasteiger partial charge in [-0.25, -0.2) is 0 Å². The summed E-state index contributed by atoms with van der Waals surface area (Å²) in [5.74, 6) is 0.584. The molecule has 3 nitrogen and oxygen atoms in total. The van der Waals surface area contributed by atoms with Crippen molar-refractivity contribution < 1.29 is 4.79 Å². The lowest BCUT2D eigenvalue weighted by Crippen LogP contribution is -2.06. The van der Waals surface area contributed by atoms with Gasteiger partial charge in [0.1, 0.15) is 5.69 Å². The summed E-state index contributed by atoms with van der Waals surface area (Å²) < 4.78 is 1.84. The van der Waals surface area contributed by atoms with Crippen LogP contribution in [0.25, 0.3) is 0 Å². The van der Waals surface area contributed by atoms with Gasteiger partial charge in [0, 0.05) is 11.5 Å². The summed E-state index contributed by atoms with van der Waals surface area (Å²) in [7, 11) is 0. The monoisotopic (exact) mass is 240 g/mol. The molecule has 1 aliphatic rings. The third kappa shape index (κ3) is 1.96. The van der Waals surface area contributed by atoms with Gasteiger partial charge in [-0.05, 0) is 25.3 Å². The molecule has 2 aromatic rings. The van der Waals surface area contributed by atoms with Gasteiger partial charge in [-0.1, -0.05) is 30.3 Å². The highest BCUT2D eigenvalue weighted by Gasteiger charge is 2.29. The van der Waals surface area contributed by atoms with Gasteiger partial charge in [0.25, 0.3) is 0 Å².